The molecular formula is C13H14ClNO. The number of furan rings is 1. The third kappa shape index (κ3) is 1.94. The first-order chi connectivity index (χ1) is 7.86. The molecule has 0 N–H and O–H groups in total. The Morgan fingerprint density at radius 1 is 1.44 bits per heavy atom. The molecule has 0 spiro atoms. The van der Waals surface area contributed by atoms with E-state index in [9.17, 15) is 0 Å². The number of hydrogen-bond acceptors (Lipinski definition) is 2. The molecule has 2 heterocycles. The highest BCUT2D eigenvalue weighted by Gasteiger charge is 2.21. The molecule has 2 nitrogen and oxygen atoms in total. The summed E-state index contributed by atoms with van der Waals surface area (Å²) in [6.45, 7) is 0. The molecule has 0 aromatic carbocycles. The Morgan fingerprint density at radius 2 is 2.31 bits per heavy atom. The number of aromatic nitrogens is 1. The minimum atomic E-state index is 0.443. The highest BCUT2D eigenvalue weighted by molar-refractivity contribution is 6.17. The summed E-state index contributed by atoms with van der Waals surface area (Å²) in [4.78, 5) is 4.25. The van der Waals surface area contributed by atoms with Gasteiger partial charge in [-0.05, 0) is 24.5 Å². The van der Waals surface area contributed by atoms with Crippen LogP contribution < -0.4 is 0 Å². The van der Waals surface area contributed by atoms with Crippen molar-refractivity contribution in [2.75, 3.05) is 0 Å². The topological polar surface area (TPSA) is 26.0 Å². The van der Waals surface area contributed by atoms with Crippen LogP contribution in [0, 0.1) is 5.92 Å². The molecule has 0 aliphatic heterocycles. The lowest BCUT2D eigenvalue weighted by molar-refractivity contribution is 0.528. The molecular weight excluding hydrogens is 222 g/mol. The van der Waals surface area contributed by atoms with Gasteiger partial charge in [0.1, 0.15) is 11.3 Å². The Bertz CT molecular complexity index is 502. The Balaban J connectivity index is 1.88. The number of halogens is 1. The van der Waals surface area contributed by atoms with Crippen LogP contribution in [0.25, 0.3) is 11.0 Å². The van der Waals surface area contributed by atoms with Crippen molar-refractivity contribution in [3.8, 4) is 0 Å². The van der Waals surface area contributed by atoms with Crippen LogP contribution in [0.3, 0.4) is 0 Å². The standard InChI is InChI=1S/C13H14ClNO/c14-8-12-11-7-10(4-3-9-1-2-9)16-13(11)5-6-15-12/h5-7,9H,1-4,8H2. The largest absolute Gasteiger partial charge is 0.461 e. The Labute approximate surface area is 99.6 Å². The van der Waals surface area contributed by atoms with Crippen LogP contribution in [0.1, 0.15) is 30.7 Å². The molecule has 0 bridgehead atoms. The van der Waals surface area contributed by atoms with Crippen molar-refractivity contribution >= 4 is 22.6 Å². The second-order valence-corrected chi connectivity index (χ2v) is 4.77. The molecule has 1 fully saturated rings. The van der Waals surface area contributed by atoms with Gasteiger partial charge in [0.2, 0.25) is 0 Å². The molecule has 1 aliphatic rings. The molecule has 1 saturated carbocycles. The normalized spacial score (nSPS) is 15.8. The van der Waals surface area contributed by atoms with Crippen LogP contribution in [-0.4, -0.2) is 4.98 Å². The van der Waals surface area contributed by atoms with Crippen molar-refractivity contribution < 1.29 is 4.42 Å². The quantitative estimate of drug-likeness (QED) is 0.751. The van der Waals surface area contributed by atoms with E-state index in [4.69, 9.17) is 16.0 Å². The number of alkyl halides is 1. The molecule has 84 valence electrons. The van der Waals surface area contributed by atoms with Crippen molar-refractivity contribution in [3.05, 3.63) is 29.8 Å². The van der Waals surface area contributed by atoms with Gasteiger partial charge in [-0.3, -0.25) is 4.98 Å². The van der Waals surface area contributed by atoms with Crippen LogP contribution in [0.15, 0.2) is 22.7 Å². The second-order valence-electron chi connectivity index (χ2n) is 4.50. The lowest BCUT2D eigenvalue weighted by Crippen LogP contribution is -1.84. The maximum absolute atomic E-state index is 5.85. The van der Waals surface area contributed by atoms with Gasteiger partial charge in [0, 0.05) is 18.0 Å². The molecule has 0 radical (unpaired) electrons. The zero-order chi connectivity index (χ0) is 11.0. The zero-order valence-corrected chi connectivity index (χ0v) is 9.83. The van der Waals surface area contributed by atoms with E-state index in [1.165, 1.54) is 19.3 Å². The highest BCUT2D eigenvalue weighted by atomic mass is 35.5. The zero-order valence-electron chi connectivity index (χ0n) is 9.08. The lowest BCUT2D eigenvalue weighted by Gasteiger charge is -1.93. The van der Waals surface area contributed by atoms with Crippen molar-refractivity contribution in [2.45, 2.75) is 31.6 Å². The molecule has 2 aromatic heterocycles. The molecule has 0 saturated heterocycles. The number of rotatable bonds is 4. The number of aryl methyl sites for hydroxylation is 1. The fourth-order valence-electron chi connectivity index (χ4n) is 2.05. The molecule has 2 aromatic rings. The molecule has 3 rings (SSSR count). The fourth-order valence-corrected chi connectivity index (χ4v) is 2.27. The van der Waals surface area contributed by atoms with Crippen LogP contribution >= 0.6 is 11.6 Å². The molecule has 1 aliphatic carbocycles. The van der Waals surface area contributed by atoms with E-state index in [1.807, 2.05) is 6.07 Å². The number of nitrogens with zero attached hydrogens (tertiary/aromatic N) is 1. The average molecular weight is 236 g/mol. The van der Waals surface area contributed by atoms with Gasteiger partial charge in [-0.15, -0.1) is 11.6 Å². The van der Waals surface area contributed by atoms with Crippen molar-refractivity contribution in [1.29, 1.82) is 0 Å². The van der Waals surface area contributed by atoms with Gasteiger partial charge >= 0.3 is 0 Å². The summed E-state index contributed by atoms with van der Waals surface area (Å²) in [7, 11) is 0. The minimum Gasteiger partial charge on any atom is -0.461 e. The monoisotopic (exact) mass is 235 g/mol. The Morgan fingerprint density at radius 3 is 3.06 bits per heavy atom. The van der Waals surface area contributed by atoms with E-state index >= 15 is 0 Å². The number of pyridine rings is 1. The predicted molar refractivity (Wildman–Crippen MR) is 64.6 cm³/mol. The van der Waals surface area contributed by atoms with Gasteiger partial charge in [-0.2, -0.15) is 0 Å². The van der Waals surface area contributed by atoms with Gasteiger partial charge in [0.05, 0.1) is 11.6 Å². The van der Waals surface area contributed by atoms with Crippen molar-refractivity contribution in [3.63, 3.8) is 0 Å². The summed E-state index contributed by atoms with van der Waals surface area (Å²) in [6, 6.07) is 4.01. The first kappa shape index (κ1) is 10.2. The van der Waals surface area contributed by atoms with Crippen LogP contribution in [-0.2, 0) is 12.3 Å². The van der Waals surface area contributed by atoms with Crippen LogP contribution in [0.2, 0.25) is 0 Å². The van der Waals surface area contributed by atoms with Gasteiger partial charge in [-0.25, -0.2) is 0 Å². The van der Waals surface area contributed by atoms with E-state index in [-0.39, 0.29) is 0 Å². The van der Waals surface area contributed by atoms with Crippen LogP contribution in [0.5, 0.6) is 0 Å². The van der Waals surface area contributed by atoms with E-state index in [0.717, 1.165) is 34.8 Å². The Hall–Kier alpha value is -1.02. The second kappa shape index (κ2) is 4.10. The first-order valence-corrected chi connectivity index (χ1v) is 6.32. The van der Waals surface area contributed by atoms with Gasteiger partial charge in [-0.1, -0.05) is 12.8 Å². The van der Waals surface area contributed by atoms with E-state index in [2.05, 4.69) is 11.1 Å². The predicted octanol–water partition coefficient (Wildman–Crippen LogP) is 3.91. The SMILES string of the molecule is ClCc1nccc2oc(CCC3CC3)cc12. The van der Waals surface area contributed by atoms with Crippen molar-refractivity contribution in [2.24, 2.45) is 5.92 Å². The maximum Gasteiger partial charge on any atom is 0.137 e. The number of hydrogen-bond donors (Lipinski definition) is 0. The summed E-state index contributed by atoms with van der Waals surface area (Å²) in [5.41, 5.74) is 1.83. The van der Waals surface area contributed by atoms with Gasteiger partial charge in [0.25, 0.3) is 0 Å². The summed E-state index contributed by atoms with van der Waals surface area (Å²) in [6.07, 6.45) is 6.85. The van der Waals surface area contributed by atoms with Gasteiger partial charge < -0.3 is 4.42 Å². The average Bonchev–Trinajstić information content (AvgIpc) is 3.04. The third-order valence-corrected chi connectivity index (χ3v) is 3.45. The molecule has 0 atom stereocenters. The third-order valence-electron chi connectivity index (χ3n) is 3.20. The summed E-state index contributed by atoms with van der Waals surface area (Å²) in [5.74, 6) is 2.46. The molecule has 0 unspecified atom stereocenters. The molecule has 0 amide bonds. The smallest absolute Gasteiger partial charge is 0.137 e. The van der Waals surface area contributed by atoms with Crippen LogP contribution in [0.4, 0.5) is 0 Å². The van der Waals surface area contributed by atoms with E-state index < -0.39 is 0 Å². The lowest BCUT2D eigenvalue weighted by atomic mass is 10.1. The minimum absolute atomic E-state index is 0.443. The summed E-state index contributed by atoms with van der Waals surface area (Å²) < 4.78 is 5.79. The molecule has 3 heteroatoms. The summed E-state index contributed by atoms with van der Waals surface area (Å²) >= 11 is 5.85. The highest BCUT2D eigenvalue weighted by Crippen LogP contribution is 2.34. The maximum atomic E-state index is 5.85. The van der Waals surface area contributed by atoms with Gasteiger partial charge in [0.15, 0.2) is 0 Å². The van der Waals surface area contributed by atoms with E-state index in [1.54, 1.807) is 6.20 Å². The van der Waals surface area contributed by atoms with Crippen molar-refractivity contribution in [1.82, 2.24) is 4.98 Å². The number of fused-ring (bicyclic) bond motifs is 1. The fraction of sp³-hybridized carbons (Fsp3) is 0.462. The molecule has 16 heavy (non-hydrogen) atoms. The van der Waals surface area contributed by atoms with E-state index in [0.29, 0.717) is 5.88 Å². The Kier molecular flexibility index (Phi) is 2.60. The summed E-state index contributed by atoms with van der Waals surface area (Å²) in [5, 5.41) is 1.07. The first-order valence-electron chi connectivity index (χ1n) is 5.79.